The standard InChI is InChI=1S/C6H6NO6P.Na/c8-7(9)5-1-3-6(4-2-5)13-14(10,11)12;/h1-4H,(H2,10,11,12);/q;+1/p-1. The van der Waals surface area contributed by atoms with Gasteiger partial charge in [-0.25, -0.2) is 0 Å². The van der Waals surface area contributed by atoms with E-state index < -0.39 is 12.7 Å². The second-order valence-electron chi connectivity index (χ2n) is 2.31. The summed E-state index contributed by atoms with van der Waals surface area (Å²) in [7, 11) is -4.85. The summed E-state index contributed by atoms with van der Waals surface area (Å²) >= 11 is 0. The third kappa shape index (κ3) is 5.27. The van der Waals surface area contributed by atoms with Gasteiger partial charge < -0.3 is 14.3 Å². The van der Waals surface area contributed by atoms with E-state index in [1.165, 1.54) is 0 Å². The first-order valence-electron chi connectivity index (χ1n) is 3.36. The molecule has 0 saturated carbocycles. The maximum absolute atomic E-state index is 10.2. The monoisotopic (exact) mass is 241 g/mol. The Morgan fingerprint density at radius 1 is 1.33 bits per heavy atom. The number of hydrogen-bond donors (Lipinski definition) is 1. The van der Waals surface area contributed by atoms with E-state index in [0.29, 0.717) is 0 Å². The predicted octanol–water partition coefficient (Wildman–Crippen LogP) is -2.56. The molecule has 0 aromatic heterocycles. The van der Waals surface area contributed by atoms with Crippen molar-refractivity contribution in [2.24, 2.45) is 0 Å². The molecule has 1 rings (SSSR count). The molecule has 0 aliphatic carbocycles. The molecule has 76 valence electrons. The first-order valence-corrected chi connectivity index (χ1v) is 4.86. The van der Waals surface area contributed by atoms with E-state index in [1.54, 1.807) is 0 Å². The van der Waals surface area contributed by atoms with Crippen molar-refractivity contribution in [1.29, 1.82) is 0 Å². The van der Waals surface area contributed by atoms with E-state index in [2.05, 4.69) is 4.52 Å². The van der Waals surface area contributed by atoms with Crippen molar-refractivity contribution in [2.45, 2.75) is 0 Å². The summed E-state index contributed by atoms with van der Waals surface area (Å²) in [5.74, 6) is -0.184. The Hall–Kier alpha value is -0.430. The van der Waals surface area contributed by atoms with E-state index in [1.807, 2.05) is 0 Å². The molecular weight excluding hydrogens is 236 g/mol. The van der Waals surface area contributed by atoms with Gasteiger partial charge in [0.15, 0.2) is 0 Å². The van der Waals surface area contributed by atoms with Gasteiger partial charge in [0.25, 0.3) is 5.69 Å². The van der Waals surface area contributed by atoms with Crippen molar-refractivity contribution >= 4 is 13.5 Å². The molecular formula is C6H5NNaO6P. The third-order valence-electron chi connectivity index (χ3n) is 1.27. The van der Waals surface area contributed by atoms with Crippen LogP contribution >= 0.6 is 7.82 Å². The quantitative estimate of drug-likeness (QED) is 0.269. The minimum absolute atomic E-state index is 0. The van der Waals surface area contributed by atoms with Crippen LogP contribution in [0, 0.1) is 10.1 Å². The molecule has 0 heterocycles. The zero-order valence-electron chi connectivity index (χ0n) is 7.69. The van der Waals surface area contributed by atoms with Crippen molar-refractivity contribution in [3.8, 4) is 5.75 Å². The molecule has 0 aliphatic rings. The number of phosphoric ester groups is 1. The Kier molecular flexibility index (Phi) is 5.44. The molecule has 1 unspecified atom stereocenters. The van der Waals surface area contributed by atoms with E-state index in [-0.39, 0.29) is 41.0 Å². The zero-order chi connectivity index (χ0) is 10.8. The van der Waals surface area contributed by atoms with E-state index >= 15 is 0 Å². The topological polar surface area (TPSA) is 113 Å². The van der Waals surface area contributed by atoms with Crippen LogP contribution in [0.4, 0.5) is 5.69 Å². The minimum atomic E-state index is -4.85. The van der Waals surface area contributed by atoms with Crippen LogP contribution in [-0.4, -0.2) is 9.82 Å². The maximum atomic E-state index is 10.2. The number of benzene rings is 1. The molecule has 0 spiro atoms. The minimum Gasteiger partial charge on any atom is -0.746 e. The van der Waals surface area contributed by atoms with E-state index in [4.69, 9.17) is 4.89 Å². The van der Waals surface area contributed by atoms with Gasteiger partial charge in [0.05, 0.1) is 4.92 Å². The smallest absolute Gasteiger partial charge is 0.746 e. The van der Waals surface area contributed by atoms with Gasteiger partial charge >= 0.3 is 37.4 Å². The fourth-order valence-corrected chi connectivity index (χ4v) is 1.15. The summed E-state index contributed by atoms with van der Waals surface area (Å²) in [5.41, 5.74) is -0.198. The molecule has 15 heavy (non-hydrogen) atoms. The third-order valence-corrected chi connectivity index (χ3v) is 1.71. The summed E-state index contributed by atoms with van der Waals surface area (Å²) in [6, 6.07) is 4.26. The number of nitrogens with zero attached hydrogens (tertiary/aromatic N) is 1. The number of nitro benzene ring substituents is 1. The molecule has 0 amide bonds. The van der Waals surface area contributed by atoms with Crippen LogP contribution in [0.2, 0.25) is 0 Å². The summed E-state index contributed by atoms with van der Waals surface area (Å²) in [5, 5.41) is 10.2. The molecule has 9 heteroatoms. The largest absolute Gasteiger partial charge is 1.00 e. The molecule has 1 N–H and O–H groups in total. The summed E-state index contributed by atoms with van der Waals surface area (Å²) in [6.45, 7) is 0. The number of nitro groups is 1. The fourth-order valence-electron chi connectivity index (χ4n) is 0.762. The van der Waals surface area contributed by atoms with Gasteiger partial charge in [-0.2, -0.15) is 0 Å². The molecule has 0 fully saturated rings. The summed E-state index contributed by atoms with van der Waals surface area (Å²) in [6.07, 6.45) is 0. The van der Waals surface area contributed by atoms with E-state index in [0.717, 1.165) is 24.3 Å². The zero-order valence-corrected chi connectivity index (χ0v) is 10.6. The van der Waals surface area contributed by atoms with Gasteiger partial charge in [-0.05, 0) is 12.1 Å². The van der Waals surface area contributed by atoms with Crippen molar-refractivity contribution in [3.05, 3.63) is 34.4 Å². The second-order valence-corrected chi connectivity index (χ2v) is 3.43. The van der Waals surface area contributed by atoms with Crippen LogP contribution < -0.4 is 39.0 Å². The summed E-state index contributed by atoms with van der Waals surface area (Å²) < 4.78 is 14.3. The molecule has 1 aromatic carbocycles. The van der Waals surface area contributed by atoms with Gasteiger partial charge in [-0.3, -0.25) is 14.7 Å². The maximum Gasteiger partial charge on any atom is 1.00 e. The van der Waals surface area contributed by atoms with Gasteiger partial charge in [0, 0.05) is 12.1 Å². The van der Waals surface area contributed by atoms with Crippen LogP contribution in [0.5, 0.6) is 5.75 Å². The van der Waals surface area contributed by atoms with Gasteiger partial charge in [-0.15, -0.1) is 0 Å². The Bertz CT molecular complexity index is 387. The van der Waals surface area contributed by atoms with E-state index in [9.17, 15) is 19.6 Å². The Morgan fingerprint density at radius 3 is 2.13 bits per heavy atom. The second kappa shape index (κ2) is 5.60. The van der Waals surface area contributed by atoms with Crippen molar-refractivity contribution in [2.75, 3.05) is 0 Å². The number of phosphoric acid groups is 1. The van der Waals surface area contributed by atoms with Crippen LogP contribution in [-0.2, 0) is 4.57 Å². The Balaban J connectivity index is 0.00000196. The molecule has 7 nitrogen and oxygen atoms in total. The van der Waals surface area contributed by atoms with Gasteiger partial charge in [0.1, 0.15) is 5.75 Å². The van der Waals surface area contributed by atoms with Gasteiger partial charge in [-0.1, -0.05) is 0 Å². The van der Waals surface area contributed by atoms with Crippen molar-refractivity contribution in [1.82, 2.24) is 0 Å². The number of hydrogen-bond acceptors (Lipinski definition) is 5. The van der Waals surface area contributed by atoms with Crippen LogP contribution in [0.1, 0.15) is 0 Å². The summed E-state index contributed by atoms with van der Waals surface area (Å²) in [4.78, 5) is 28.1. The van der Waals surface area contributed by atoms with Crippen LogP contribution in [0.15, 0.2) is 24.3 Å². The molecule has 0 radical (unpaired) electrons. The fraction of sp³-hybridized carbons (Fsp3) is 0. The SMILES string of the molecule is O=[N+]([O-])c1ccc(OP(=O)([O-])O)cc1.[Na+]. The Morgan fingerprint density at radius 2 is 1.80 bits per heavy atom. The first-order chi connectivity index (χ1) is 6.38. The molecule has 1 aromatic rings. The molecule has 1 atom stereocenters. The average Bonchev–Trinajstić information content (AvgIpc) is 2.02. The first kappa shape index (κ1) is 14.6. The van der Waals surface area contributed by atoms with Crippen LogP contribution in [0.25, 0.3) is 0 Å². The number of non-ortho nitro benzene ring substituents is 1. The molecule has 0 aliphatic heterocycles. The average molecular weight is 241 g/mol. The molecule has 0 bridgehead atoms. The van der Waals surface area contributed by atoms with Crippen LogP contribution in [0.3, 0.4) is 0 Å². The normalized spacial score (nSPS) is 13.5. The van der Waals surface area contributed by atoms with Crippen molar-refractivity contribution < 1.29 is 53.4 Å². The predicted molar refractivity (Wildman–Crippen MR) is 43.5 cm³/mol. The molecule has 0 saturated heterocycles. The van der Waals surface area contributed by atoms with Crippen molar-refractivity contribution in [3.63, 3.8) is 0 Å². The van der Waals surface area contributed by atoms with Gasteiger partial charge in [0.2, 0.25) is 0 Å². The number of rotatable bonds is 3. The Labute approximate surface area is 107 Å².